The molecule has 2 atom stereocenters. The summed E-state index contributed by atoms with van der Waals surface area (Å²) in [5, 5.41) is 10.9. The van der Waals surface area contributed by atoms with E-state index in [4.69, 9.17) is 4.74 Å². The molecule has 0 heterocycles. The molecule has 0 aliphatic rings. The summed E-state index contributed by atoms with van der Waals surface area (Å²) in [5.74, 6) is -0.782. The average Bonchev–Trinajstić information content (AvgIpc) is 2.72. The molecule has 2 unspecified atom stereocenters. The number of ether oxygens (including phenoxy) is 1. The van der Waals surface area contributed by atoms with Crippen LogP contribution in [-0.2, 0) is 32.9 Å². The van der Waals surface area contributed by atoms with Gasteiger partial charge in [-0.15, -0.1) is 0 Å². The van der Waals surface area contributed by atoms with Crippen molar-refractivity contribution in [3.8, 4) is 11.1 Å². The Bertz CT molecular complexity index is 937. The maximum atomic E-state index is 12.6. The van der Waals surface area contributed by atoms with E-state index >= 15 is 0 Å². The third-order valence-corrected chi connectivity index (χ3v) is 5.49. The molecule has 0 spiro atoms. The van der Waals surface area contributed by atoms with Gasteiger partial charge in [0.25, 0.3) is 0 Å². The molecule has 28 heavy (non-hydrogen) atoms. The van der Waals surface area contributed by atoms with Gasteiger partial charge in [-0.05, 0) is 40.9 Å². The van der Waals surface area contributed by atoms with E-state index in [-0.39, 0.29) is 12.2 Å². The highest BCUT2D eigenvalue weighted by Crippen LogP contribution is 2.33. The fraction of sp³-hybridized carbons (Fsp3) is 0.174. The third kappa shape index (κ3) is 4.44. The van der Waals surface area contributed by atoms with Crippen LogP contribution in [0.25, 0.3) is 11.1 Å². The minimum atomic E-state index is -1.91. The first-order chi connectivity index (χ1) is 13.4. The average molecular weight is 394 g/mol. The highest BCUT2D eigenvalue weighted by molar-refractivity contribution is 7.90. The number of esters is 1. The van der Waals surface area contributed by atoms with Crippen molar-refractivity contribution in [1.29, 1.82) is 0 Å². The number of rotatable bonds is 6. The van der Waals surface area contributed by atoms with Gasteiger partial charge in [-0.25, -0.2) is 4.79 Å². The molecular weight excluding hydrogens is 372 g/mol. The zero-order chi connectivity index (χ0) is 20.1. The standard InChI is InChI=1S/C23H22O4S/c1-23(25,22(24)27-16-17-9-5-3-6-10-17)20-14-13-19(15-21(20)28(2)26)18-11-7-4-8-12-18/h3-15,25H,16H2,1-2H3. The van der Waals surface area contributed by atoms with Gasteiger partial charge in [0.05, 0.1) is 0 Å². The summed E-state index contributed by atoms with van der Waals surface area (Å²) >= 11 is -1.40. The molecule has 3 aromatic rings. The first kappa shape index (κ1) is 20.1. The molecule has 144 valence electrons. The van der Waals surface area contributed by atoms with Gasteiger partial charge in [0, 0.05) is 11.6 Å². The summed E-state index contributed by atoms with van der Waals surface area (Å²) < 4.78 is 17.7. The second-order valence-electron chi connectivity index (χ2n) is 6.67. The molecule has 0 aromatic heterocycles. The number of benzene rings is 3. The molecule has 0 saturated heterocycles. The molecule has 0 fully saturated rings. The monoisotopic (exact) mass is 394 g/mol. The largest absolute Gasteiger partial charge is 0.612 e. The van der Waals surface area contributed by atoms with Crippen molar-refractivity contribution >= 4 is 17.1 Å². The summed E-state index contributed by atoms with van der Waals surface area (Å²) in [4.78, 5) is 13.0. The Morgan fingerprint density at radius 1 is 1.00 bits per heavy atom. The van der Waals surface area contributed by atoms with Gasteiger partial charge < -0.3 is 14.4 Å². The van der Waals surface area contributed by atoms with Crippen molar-refractivity contribution in [1.82, 2.24) is 0 Å². The first-order valence-electron chi connectivity index (χ1n) is 8.86. The Morgan fingerprint density at radius 3 is 2.21 bits per heavy atom. The SMILES string of the molecule is C[S+]([O-])c1cc(-c2ccccc2)ccc1C(C)(O)C(=O)OCc1ccccc1. The molecule has 3 rings (SSSR count). The second-order valence-corrected chi connectivity index (χ2v) is 8.01. The van der Waals surface area contributed by atoms with Crippen molar-refractivity contribution < 1.29 is 19.2 Å². The van der Waals surface area contributed by atoms with E-state index in [9.17, 15) is 14.5 Å². The van der Waals surface area contributed by atoms with Gasteiger partial charge in [0.1, 0.15) is 12.9 Å². The van der Waals surface area contributed by atoms with Gasteiger partial charge >= 0.3 is 5.97 Å². The Hall–Kier alpha value is -2.60. The molecule has 4 nitrogen and oxygen atoms in total. The number of carbonyl (C=O) groups excluding carboxylic acids is 1. The van der Waals surface area contributed by atoms with Crippen LogP contribution in [0, 0.1) is 0 Å². The molecule has 1 N–H and O–H groups in total. The van der Waals surface area contributed by atoms with E-state index < -0.39 is 22.7 Å². The molecule has 3 aromatic carbocycles. The minimum Gasteiger partial charge on any atom is -0.612 e. The van der Waals surface area contributed by atoms with Crippen molar-refractivity contribution in [2.75, 3.05) is 6.26 Å². The maximum Gasteiger partial charge on any atom is 0.343 e. The number of aliphatic hydroxyl groups is 1. The summed E-state index contributed by atoms with van der Waals surface area (Å²) in [5.41, 5.74) is 1.02. The fourth-order valence-corrected chi connectivity index (χ4v) is 3.82. The Kier molecular flexibility index (Phi) is 6.19. The molecule has 0 aliphatic carbocycles. The molecule has 0 saturated carbocycles. The molecule has 5 heteroatoms. The number of hydrogen-bond acceptors (Lipinski definition) is 4. The lowest BCUT2D eigenvalue weighted by atomic mass is 9.93. The highest BCUT2D eigenvalue weighted by atomic mass is 32.2. The molecule has 0 bridgehead atoms. The van der Waals surface area contributed by atoms with E-state index in [0.717, 1.165) is 16.7 Å². The lowest BCUT2D eigenvalue weighted by Crippen LogP contribution is -2.35. The van der Waals surface area contributed by atoms with Crippen LogP contribution in [0.2, 0.25) is 0 Å². The van der Waals surface area contributed by atoms with Crippen LogP contribution in [-0.4, -0.2) is 21.9 Å². The highest BCUT2D eigenvalue weighted by Gasteiger charge is 2.39. The van der Waals surface area contributed by atoms with Gasteiger partial charge in [0.15, 0.2) is 10.5 Å². The number of carbonyl (C=O) groups is 1. The lowest BCUT2D eigenvalue weighted by Gasteiger charge is -2.24. The molecule has 0 aliphatic heterocycles. The topological polar surface area (TPSA) is 69.6 Å². The first-order valence-corrected chi connectivity index (χ1v) is 10.4. The van der Waals surface area contributed by atoms with Crippen LogP contribution < -0.4 is 0 Å². The van der Waals surface area contributed by atoms with Crippen LogP contribution >= 0.6 is 0 Å². The van der Waals surface area contributed by atoms with Gasteiger partial charge in [-0.2, -0.15) is 0 Å². The quantitative estimate of drug-likeness (QED) is 0.506. The summed E-state index contributed by atoms with van der Waals surface area (Å²) in [7, 11) is 0. The van der Waals surface area contributed by atoms with Gasteiger partial charge in [0.2, 0.25) is 0 Å². The minimum absolute atomic E-state index is 0.0580. The molecular formula is C23H22O4S. The van der Waals surface area contributed by atoms with Crippen LogP contribution in [0.15, 0.2) is 83.8 Å². The Labute approximate surface area is 168 Å². The van der Waals surface area contributed by atoms with Crippen molar-refractivity contribution in [2.45, 2.75) is 24.0 Å². The van der Waals surface area contributed by atoms with E-state index in [1.807, 2.05) is 60.7 Å². The third-order valence-electron chi connectivity index (χ3n) is 4.53. The fourth-order valence-electron chi connectivity index (χ4n) is 2.95. The molecule has 0 amide bonds. The molecule has 0 radical (unpaired) electrons. The van der Waals surface area contributed by atoms with Crippen molar-refractivity contribution in [3.05, 3.63) is 90.0 Å². The van der Waals surface area contributed by atoms with Crippen molar-refractivity contribution in [3.63, 3.8) is 0 Å². The predicted octanol–water partition coefficient (Wildman–Crippen LogP) is 4.04. The van der Waals surface area contributed by atoms with Crippen LogP contribution in [0.3, 0.4) is 0 Å². The Morgan fingerprint density at radius 2 is 1.61 bits per heavy atom. The van der Waals surface area contributed by atoms with Crippen molar-refractivity contribution in [2.24, 2.45) is 0 Å². The van der Waals surface area contributed by atoms with E-state index in [1.165, 1.54) is 13.2 Å². The van der Waals surface area contributed by atoms with E-state index in [0.29, 0.717) is 4.90 Å². The summed E-state index contributed by atoms with van der Waals surface area (Å²) in [6, 6.07) is 24.1. The van der Waals surface area contributed by atoms with Crippen LogP contribution in [0.1, 0.15) is 18.1 Å². The lowest BCUT2D eigenvalue weighted by molar-refractivity contribution is -0.166. The zero-order valence-corrected chi connectivity index (χ0v) is 16.6. The van der Waals surface area contributed by atoms with E-state index in [1.54, 1.807) is 18.2 Å². The van der Waals surface area contributed by atoms with Gasteiger partial charge in [-0.3, -0.25) is 0 Å². The van der Waals surface area contributed by atoms with Crippen LogP contribution in [0.5, 0.6) is 0 Å². The number of hydrogen-bond donors (Lipinski definition) is 1. The maximum absolute atomic E-state index is 12.6. The smallest absolute Gasteiger partial charge is 0.343 e. The van der Waals surface area contributed by atoms with E-state index in [2.05, 4.69) is 0 Å². The predicted molar refractivity (Wildman–Crippen MR) is 110 cm³/mol. The van der Waals surface area contributed by atoms with Gasteiger partial charge in [-0.1, -0.05) is 66.7 Å². The van der Waals surface area contributed by atoms with Crippen LogP contribution in [0.4, 0.5) is 0 Å². The summed E-state index contributed by atoms with van der Waals surface area (Å²) in [6.45, 7) is 1.43. The second kappa shape index (κ2) is 8.61. The normalized spacial score (nSPS) is 14.1. The summed E-state index contributed by atoms with van der Waals surface area (Å²) in [6.07, 6.45) is 1.53. The zero-order valence-electron chi connectivity index (χ0n) is 15.8. The Balaban J connectivity index is 1.88.